The molecule has 3 atom stereocenters. The van der Waals surface area contributed by atoms with Crippen LogP contribution in [0.25, 0.3) is 0 Å². The second-order valence-electron chi connectivity index (χ2n) is 5.31. The zero-order valence-electron chi connectivity index (χ0n) is 12.3. The molecule has 0 aliphatic carbocycles. The first kappa shape index (κ1) is 15.4. The highest BCUT2D eigenvalue weighted by Crippen LogP contribution is 2.21. The topological polar surface area (TPSA) is 44.4 Å². The molecule has 0 saturated carbocycles. The third-order valence-electron chi connectivity index (χ3n) is 4.00. The Hall–Kier alpha value is -0.610. The van der Waals surface area contributed by atoms with E-state index in [2.05, 4.69) is 29.4 Å². The summed E-state index contributed by atoms with van der Waals surface area (Å²) in [6.07, 6.45) is 2.47. The molecule has 0 aromatic rings. The Bertz CT molecular complexity index is 257. The monoisotopic (exact) mass is 255 g/mol. The molecule has 0 bridgehead atoms. The van der Waals surface area contributed by atoms with Gasteiger partial charge in [-0.1, -0.05) is 6.92 Å². The summed E-state index contributed by atoms with van der Waals surface area (Å²) in [5, 5.41) is 6.42. The second-order valence-corrected chi connectivity index (χ2v) is 5.31. The molecule has 18 heavy (non-hydrogen) atoms. The summed E-state index contributed by atoms with van der Waals surface area (Å²) < 4.78 is 0. The largest absolute Gasteiger partial charge is 0.355 e. The van der Waals surface area contributed by atoms with Gasteiger partial charge in [-0.25, -0.2) is 0 Å². The average Bonchev–Trinajstić information content (AvgIpc) is 2.38. The van der Waals surface area contributed by atoms with Gasteiger partial charge in [0.05, 0.1) is 6.04 Å². The smallest absolute Gasteiger partial charge is 0.237 e. The van der Waals surface area contributed by atoms with Crippen LogP contribution in [-0.2, 0) is 4.79 Å². The minimum absolute atomic E-state index is 0.00146. The maximum atomic E-state index is 11.9. The van der Waals surface area contributed by atoms with Gasteiger partial charge in [0.1, 0.15) is 0 Å². The van der Waals surface area contributed by atoms with Crippen molar-refractivity contribution in [1.29, 1.82) is 0 Å². The van der Waals surface area contributed by atoms with Gasteiger partial charge in [0.2, 0.25) is 5.91 Å². The first-order valence-corrected chi connectivity index (χ1v) is 7.35. The Morgan fingerprint density at radius 3 is 2.67 bits per heavy atom. The Balaban J connectivity index is 2.49. The summed E-state index contributed by atoms with van der Waals surface area (Å²) in [6, 6.07) is 0.542. The number of likely N-dealkylation sites (N-methyl/N-ethyl adjacent to an activating group) is 1. The second kappa shape index (κ2) is 7.74. The first-order valence-electron chi connectivity index (χ1n) is 7.35. The molecule has 0 aromatic heterocycles. The molecule has 3 unspecified atom stereocenters. The van der Waals surface area contributed by atoms with Crippen molar-refractivity contribution in [2.45, 2.75) is 52.6 Å². The summed E-state index contributed by atoms with van der Waals surface area (Å²) in [5.74, 6) is 0.824. The molecule has 1 saturated heterocycles. The predicted octanol–water partition coefficient (Wildman–Crippen LogP) is 1.22. The van der Waals surface area contributed by atoms with Crippen LogP contribution in [-0.4, -0.2) is 49.1 Å². The number of nitrogens with one attached hydrogen (secondary N) is 2. The van der Waals surface area contributed by atoms with E-state index in [9.17, 15) is 4.79 Å². The first-order chi connectivity index (χ1) is 8.60. The van der Waals surface area contributed by atoms with Gasteiger partial charge < -0.3 is 10.6 Å². The summed E-state index contributed by atoms with van der Waals surface area (Å²) in [7, 11) is 0. The molecule has 1 aliphatic rings. The molecule has 0 spiro atoms. The van der Waals surface area contributed by atoms with Crippen molar-refractivity contribution in [1.82, 2.24) is 15.5 Å². The van der Waals surface area contributed by atoms with Crippen molar-refractivity contribution >= 4 is 5.91 Å². The lowest BCUT2D eigenvalue weighted by molar-refractivity contribution is -0.126. The fourth-order valence-electron chi connectivity index (χ4n) is 2.78. The van der Waals surface area contributed by atoms with Crippen LogP contribution in [0.5, 0.6) is 0 Å². The van der Waals surface area contributed by atoms with Gasteiger partial charge >= 0.3 is 0 Å². The molecule has 1 amide bonds. The van der Waals surface area contributed by atoms with Gasteiger partial charge in [-0.15, -0.1) is 0 Å². The normalized spacial score (nSPS) is 24.6. The lowest BCUT2D eigenvalue weighted by atomic mass is 9.90. The van der Waals surface area contributed by atoms with Crippen LogP contribution >= 0.6 is 0 Å². The molecular weight excluding hydrogens is 226 g/mol. The van der Waals surface area contributed by atoms with Gasteiger partial charge in [-0.2, -0.15) is 0 Å². The Morgan fingerprint density at radius 1 is 1.33 bits per heavy atom. The van der Waals surface area contributed by atoms with Crippen LogP contribution in [0.1, 0.15) is 40.5 Å². The summed E-state index contributed by atoms with van der Waals surface area (Å²) in [5.41, 5.74) is 0. The quantitative estimate of drug-likeness (QED) is 0.750. The molecular formula is C14H29N3O. The van der Waals surface area contributed by atoms with E-state index in [1.54, 1.807) is 0 Å². The predicted molar refractivity (Wildman–Crippen MR) is 75.6 cm³/mol. The van der Waals surface area contributed by atoms with Gasteiger partial charge in [0.25, 0.3) is 0 Å². The van der Waals surface area contributed by atoms with Crippen molar-refractivity contribution in [3.05, 3.63) is 0 Å². The Labute approximate surface area is 111 Å². The highest BCUT2D eigenvalue weighted by atomic mass is 16.2. The van der Waals surface area contributed by atoms with Gasteiger partial charge in [0, 0.05) is 19.1 Å². The number of hydrogen-bond donors (Lipinski definition) is 2. The third-order valence-corrected chi connectivity index (χ3v) is 4.00. The van der Waals surface area contributed by atoms with E-state index < -0.39 is 0 Å². The highest BCUT2D eigenvalue weighted by molar-refractivity contribution is 5.81. The van der Waals surface area contributed by atoms with Gasteiger partial charge in [0.15, 0.2) is 0 Å². The van der Waals surface area contributed by atoms with E-state index in [0.29, 0.717) is 18.5 Å². The Kier molecular flexibility index (Phi) is 6.65. The van der Waals surface area contributed by atoms with Gasteiger partial charge in [-0.3, -0.25) is 9.69 Å². The molecule has 0 radical (unpaired) electrons. The van der Waals surface area contributed by atoms with E-state index in [-0.39, 0.29) is 11.9 Å². The lowest BCUT2D eigenvalue weighted by Gasteiger charge is -2.38. The molecule has 1 heterocycles. The van der Waals surface area contributed by atoms with E-state index in [1.807, 2.05) is 13.8 Å². The van der Waals surface area contributed by atoms with Crippen LogP contribution in [0.3, 0.4) is 0 Å². The molecule has 2 N–H and O–H groups in total. The van der Waals surface area contributed by atoms with Crippen molar-refractivity contribution in [3.63, 3.8) is 0 Å². The van der Waals surface area contributed by atoms with E-state index in [4.69, 9.17) is 0 Å². The van der Waals surface area contributed by atoms with Crippen molar-refractivity contribution in [3.8, 4) is 0 Å². The highest BCUT2D eigenvalue weighted by Gasteiger charge is 2.29. The average molecular weight is 255 g/mol. The number of carbonyl (C=O) groups is 1. The standard InChI is InChI=1S/C14H29N3O/c1-5-15-11(3)13-8-7-9-17(10-13)12(4)14(18)16-6-2/h11-13,15H,5-10H2,1-4H3,(H,16,18). The number of amides is 1. The molecule has 4 heteroatoms. The van der Waals surface area contributed by atoms with Crippen LogP contribution in [0.2, 0.25) is 0 Å². The summed E-state index contributed by atoms with van der Waals surface area (Å²) in [4.78, 5) is 14.2. The van der Waals surface area contributed by atoms with E-state index >= 15 is 0 Å². The van der Waals surface area contributed by atoms with Crippen molar-refractivity contribution in [2.24, 2.45) is 5.92 Å². The molecule has 0 aromatic carbocycles. The minimum atomic E-state index is 0.00146. The maximum absolute atomic E-state index is 11.9. The summed E-state index contributed by atoms with van der Waals surface area (Å²) in [6.45, 7) is 12.2. The fourth-order valence-corrected chi connectivity index (χ4v) is 2.78. The van der Waals surface area contributed by atoms with Crippen molar-refractivity contribution in [2.75, 3.05) is 26.2 Å². The van der Waals surface area contributed by atoms with E-state index in [0.717, 1.165) is 19.6 Å². The molecule has 1 aliphatic heterocycles. The fraction of sp³-hybridized carbons (Fsp3) is 0.929. The minimum Gasteiger partial charge on any atom is -0.355 e. The van der Waals surface area contributed by atoms with Crippen molar-refractivity contribution < 1.29 is 4.79 Å². The third kappa shape index (κ3) is 4.25. The molecule has 106 valence electrons. The zero-order valence-corrected chi connectivity index (χ0v) is 12.3. The number of rotatable bonds is 6. The van der Waals surface area contributed by atoms with Gasteiger partial charge in [-0.05, 0) is 52.6 Å². The number of piperidine rings is 1. The number of nitrogens with zero attached hydrogens (tertiary/aromatic N) is 1. The van der Waals surface area contributed by atoms with Crippen LogP contribution in [0.15, 0.2) is 0 Å². The van der Waals surface area contributed by atoms with E-state index in [1.165, 1.54) is 12.8 Å². The number of carbonyl (C=O) groups excluding carboxylic acids is 1. The lowest BCUT2D eigenvalue weighted by Crippen LogP contribution is -2.51. The van der Waals surface area contributed by atoms with Crippen LogP contribution in [0, 0.1) is 5.92 Å². The number of hydrogen-bond acceptors (Lipinski definition) is 3. The van der Waals surface area contributed by atoms with Crippen LogP contribution in [0.4, 0.5) is 0 Å². The number of likely N-dealkylation sites (tertiary alicyclic amines) is 1. The Morgan fingerprint density at radius 2 is 2.06 bits per heavy atom. The zero-order chi connectivity index (χ0) is 13.5. The SMILES string of the molecule is CCNC(=O)C(C)N1CCCC(C(C)NCC)C1. The maximum Gasteiger partial charge on any atom is 0.237 e. The molecule has 4 nitrogen and oxygen atoms in total. The molecule has 1 fully saturated rings. The summed E-state index contributed by atoms with van der Waals surface area (Å²) >= 11 is 0. The molecule has 1 rings (SSSR count). The van der Waals surface area contributed by atoms with Crippen LogP contribution < -0.4 is 10.6 Å².